The second-order valence-electron chi connectivity index (χ2n) is 2.82. The van der Waals surface area contributed by atoms with Crippen molar-refractivity contribution < 1.29 is 14.6 Å². The van der Waals surface area contributed by atoms with E-state index >= 15 is 0 Å². The van der Waals surface area contributed by atoms with Crippen LogP contribution in [0.4, 0.5) is 0 Å². The molecule has 76 valence electrons. The first kappa shape index (κ1) is 11.0. The molecule has 5 heteroatoms. The van der Waals surface area contributed by atoms with Crippen LogP contribution in [0.2, 0.25) is 0 Å². The van der Waals surface area contributed by atoms with E-state index in [2.05, 4.69) is 20.9 Å². The van der Waals surface area contributed by atoms with Crippen LogP contribution in [0.25, 0.3) is 0 Å². The van der Waals surface area contributed by atoms with Crippen LogP contribution in [0, 0.1) is 0 Å². The van der Waals surface area contributed by atoms with Crippen molar-refractivity contribution in [3.63, 3.8) is 0 Å². The zero-order valence-corrected chi connectivity index (χ0v) is 9.41. The molecule has 14 heavy (non-hydrogen) atoms. The fourth-order valence-corrected chi connectivity index (χ4v) is 1.50. The minimum Gasteiger partial charge on any atom is -0.481 e. The Morgan fingerprint density at radius 3 is 2.79 bits per heavy atom. The van der Waals surface area contributed by atoms with E-state index in [1.807, 2.05) is 0 Å². The molecule has 1 unspecified atom stereocenters. The van der Waals surface area contributed by atoms with Crippen molar-refractivity contribution in [1.82, 2.24) is 4.98 Å². The lowest BCUT2D eigenvalue weighted by atomic mass is 10.0. The number of carboxylic acid groups (broad SMARTS) is 1. The van der Waals surface area contributed by atoms with Gasteiger partial charge in [0.05, 0.1) is 17.5 Å². The Morgan fingerprint density at radius 2 is 2.36 bits per heavy atom. The van der Waals surface area contributed by atoms with Crippen LogP contribution in [0.5, 0.6) is 5.88 Å². The molecule has 0 aliphatic heterocycles. The van der Waals surface area contributed by atoms with E-state index in [9.17, 15) is 4.79 Å². The van der Waals surface area contributed by atoms with Gasteiger partial charge in [0.2, 0.25) is 5.88 Å². The average Bonchev–Trinajstić information content (AvgIpc) is 2.16. The Hall–Kier alpha value is -1.10. The minimum absolute atomic E-state index is 0.450. The third-order valence-corrected chi connectivity index (χ3v) is 2.46. The number of nitrogens with zero attached hydrogens (tertiary/aromatic N) is 1. The summed E-state index contributed by atoms with van der Waals surface area (Å²) in [7, 11) is 1.51. The molecule has 0 aromatic carbocycles. The Labute approximate surface area is 90.0 Å². The summed E-state index contributed by atoms with van der Waals surface area (Å²) in [4.78, 5) is 14.7. The summed E-state index contributed by atoms with van der Waals surface area (Å²) in [5.74, 6) is -0.986. The Bertz CT molecular complexity index is 354. The first-order chi connectivity index (χ1) is 6.56. The normalized spacial score (nSPS) is 12.2. The van der Waals surface area contributed by atoms with Crippen molar-refractivity contribution in [3.8, 4) is 5.88 Å². The summed E-state index contributed by atoms with van der Waals surface area (Å²) in [6, 6.07) is 1.70. The van der Waals surface area contributed by atoms with E-state index in [-0.39, 0.29) is 0 Å². The molecular formula is C9H10BrNO3. The topological polar surface area (TPSA) is 59.4 Å². The molecule has 0 spiro atoms. The van der Waals surface area contributed by atoms with Gasteiger partial charge in [-0.3, -0.25) is 4.79 Å². The molecule has 1 heterocycles. The number of methoxy groups -OCH3 is 1. The molecule has 1 rings (SSSR count). The van der Waals surface area contributed by atoms with Gasteiger partial charge < -0.3 is 9.84 Å². The molecular weight excluding hydrogens is 250 g/mol. The van der Waals surface area contributed by atoms with Gasteiger partial charge in [0.15, 0.2) is 0 Å². The molecule has 4 nitrogen and oxygen atoms in total. The summed E-state index contributed by atoms with van der Waals surface area (Å²) in [5, 5.41) is 8.78. The summed E-state index contributed by atoms with van der Waals surface area (Å²) >= 11 is 3.24. The Kier molecular flexibility index (Phi) is 3.46. The summed E-state index contributed by atoms with van der Waals surface area (Å²) in [6.45, 7) is 1.61. The lowest BCUT2D eigenvalue weighted by molar-refractivity contribution is -0.138. The van der Waals surface area contributed by atoms with Gasteiger partial charge in [0.25, 0.3) is 0 Å². The summed E-state index contributed by atoms with van der Waals surface area (Å²) < 4.78 is 5.59. The minimum atomic E-state index is -0.871. The van der Waals surface area contributed by atoms with Gasteiger partial charge in [-0.2, -0.15) is 0 Å². The fourth-order valence-electron chi connectivity index (χ4n) is 0.970. The van der Waals surface area contributed by atoms with Crippen molar-refractivity contribution in [2.24, 2.45) is 0 Å². The first-order valence-corrected chi connectivity index (χ1v) is 4.77. The number of aliphatic carboxylic acids is 1. The highest BCUT2D eigenvalue weighted by atomic mass is 79.9. The monoisotopic (exact) mass is 259 g/mol. The van der Waals surface area contributed by atoms with E-state index in [4.69, 9.17) is 9.84 Å². The molecule has 0 saturated heterocycles. The molecule has 1 atom stereocenters. The number of halogens is 1. The number of aromatic nitrogens is 1. The predicted molar refractivity (Wildman–Crippen MR) is 54.5 cm³/mol. The molecule has 0 aliphatic carbocycles. The van der Waals surface area contributed by atoms with E-state index in [0.29, 0.717) is 15.9 Å². The van der Waals surface area contributed by atoms with Crippen molar-refractivity contribution in [1.29, 1.82) is 0 Å². The van der Waals surface area contributed by atoms with Crippen LogP contribution in [0.3, 0.4) is 0 Å². The number of carboxylic acids is 1. The van der Waals surface area contributed by atoms with E-state index in [0.717, 1.165) is 0 Å². The fraction of sp³-hybridized carbons (Fsp3) is 0.333. The predicted octanol–water partition coefficient (Wildman–Crippen LogP) is 2.04. The Morgan fingerprint density at radius 1 is 1.71 bits per heavy atom. The maximum Gasteiger partial charge on any atom is 0.310 e. The molecule has 0 radical (unpaired) electrons. The molecule has 0 bridgehead atoms. The highest BCUT2D eigenvalue weighted by molar-refractivity contribution is 9.10. The van der Waals surface area contributed by atoms with Crippen molar-refractivity contribution in [3.05, 3.63) is 22.3 Å². The van der Waals surface area contributed by atoms with Crippen molar-refractivity contribution >= 4 is 21.9 Å². The summed E-state index contributed by atoms with van der Waals surface area (Å²) in [5.41, 5.74) is 0.644. The van der Waals surface area contributed by atoms with Crippen LogP contribution >= 0.6 is 15.9 Å². The third kappa shape index (κ3) is 2.23. The smallest absolute Gasteiger partial charge is 0.310 e. The first-order valence-electron chi connectivity index (χ1n) is 3.98. The maximum absolute atomic E-state index is 10.7. The molecule has 0 saturated carbocycles. The zero-order valence-electron chi connectivity index (χ0n) is 7.82. The van der Waals surface area contributed by atoms with Gasteiger partial charge in [-0.1, -0.05) is 0 Å². The highest BCUT2D eigenvalue weighted by Gasteiger charge is 2.15. The standard InChI is InChI=1S/C9H10BrNO3/c1-5(9(12)13)6-3-7(10)8(14-2)11-4-6/h3-5H,1-2H3,(H,12,13). The highest BCUT2D eigenvalue weighted by Crippen LogP contribution is 2.26. The van der Waals surface area contributed by atoms with Crippen LogP contribution in [0.1, 0.15) is 18.4 Å². The quantitative estimate of drug-likeness (QED) is 0.903. The molecule has 1 N–H and O–H groups in total. The number of pyridine rings is 1. The van der Waals surface area contributed by atoms with Crippen LogP contribution in [-0.4, -0.2) is 23.2 Å². The van der Waals surface area contributed by atoms with Crippen LogP contribution in [0.15, 0.2) is 16.7 Å². The maximum atomic E-state index is 10.7. The van der Waals surface area contributed by atoms with Gasteiger partial charge in [-0.25, -0.2) is 4.98 Å². The number of carbonyl (C=O) groups is 1. The molecule has 0 fully saturated rings. The van der Waals surface area contributed by atoms with Gasteiger partial charge in [0, 0.05) is 6.20 Å². The molecule has 0 amide bonds. The number of hydrogen-bond donors (Lipinski definition) is 1. The van der Waals surface area contributed by atoms with E-state index in [1.54, 1.807) is 13.0 Å². The lowest BCUT2D eigenvalue weighted by Gasteiger charge is -2.08. The Balaban J connectivity index is 3.02. The summed E-state index contributed by atoms with van der Waals surface area (Å²) in [6.07, 6.45) is 1.50. The largest absolute Gasteiger partial charge is 0.481 e. The number of hydrogen-bond acceptors (Lipinski definition) is 3. The molecule has 0 aliphatic rings. The van der Waals surface area contributed by atoms with E-state index in [1.165, 1.54) is 13.3 Å². The number of rotatable bonds is 3. The van der Waals surface area contributed by atoms with E-state index < -0.39 is 11.9 Å². The van der Waals surface area contributed by atoms with Gasteiger partial charge in [-0.05, 0) is 34.5 Å². The van der Waals surface area contributed by atoms with Crippen molar-refractivity contribution in [2.45, 2.75) is 12.8 Å². The van der Waals surface area contributed by atoms with Gasteiger partial charge in [-0.15, -0.1) is 0 Å². The van der Waals surface area contributed by atoms with Crippen LogP contribution in [-0.2, 0) is 4.79 Å². The average molecular weight is 260 g/mol. The SMILES string of the molecule is COc1ncc(C(C)C(=O)O)cc1Br. The number of ether oxygens (including phenoxy) is 1. The van der Waals surface area contributed by atoms with Gasteiger partial charge in [0.1, 0.15) is 0 Å². The second kappa shape index (κ2) is 4.41. The molecule has 1 aromatic rings. The second-order valence-corrected chi connectivity index (χ2v) is 3.67. The van der Waals surface area contributed by atoms with Gasteiger partial charge >= 0.3 is 5.97 Å². The lowest BCUT2D eigenvalue weighted by Crippen LogP contribution is -2.07. The molecule has 1 aromatic heterocycles. The zero-order chi connectivity index (χ0) is 10.7. The third-order valence-electron chi connectivity index (χ3n) is 1.89. The van der Waals surface area contributed by atoms with Crippen molar-refractivity contribution in [2.75, 3.05) is 7.11 Å². The van der Waals surface area contributed by atoms with Crippen LogP contribution < -0.4 is 4.74 Å².